The van der Waals surface area contributed by atoms with Gasteiger partial charge in [-0.1, -0.05) is 0 Å². The molecule has 2 fully saturated rings. The van der Waals surface area contributed by atoms with Gasteiger partial charge in [-0.25, -0.2) is 0 Å². The number of amides is 2. The van der Waals surface area contributed by atoms with Crippen molar-refractivity contribution in [2.45, 2.75) is 26.2 Å². The summed E-state index contributed by atoms with van der Waals surface area (Å²) in [7, 11) is 0. The molecule has 2 saturated heterocycles. The Hall–Kier alpha value is -2.57. The number of anilines is 1. The Morgan fingerprint density at radius 3 is 2.58 bits per heavy atom. The standard InChI is InChI=1S/C19H24N2O5/c1-2-26-16-7-5-15(6-8-16)21-12-14(10-17(21)22)18(23)20-9-3-4-13(11-20)19(24)25/h5-8,13-14H,2-4,9-12H2,1H3,(H,24,25)/t13-,14-/m1/s1. The maximum absolute atomic E-state index is 12.8. The van der Waals surface area contributed by atoms with Crippen molar-refractivity contribution in [1.82, 2.24) is 4.90 Å². The van der Waals surface area contributed by atoms with Crippen LogP contribution in [0.25, 0.3) is 0 Å². The molecule has 2 atom stereocenters. The van der Waals surface area contributed by atoms with Crippen LogP contribution in [-0.2, 0) is 14.4 Å². The molecule has 26 heavy (non-hydrogen) atoms. The topological polar surface area (TPSA) is 87.2 Å². The first-order chi connectivity index (χ1) is 12.5. The second kappa shape index (κ2) is 7.76. The summed E-state index contributed by atoms with van der Waals surface area (Å²) in [6.07, 6.45) is 1.45. The van der Waals surface area contributed by atoms with E-state index in [1.54, 1.807) is 9.80 Å². The fraction of sp³-hybridized carbons (Fsp3) is 0.526. The molecule has 3 rings (SSSR count). The summed E-state index contributed by atoms with van der Waals surface area (Å²) >= 11 is 0. The van der Waals surface area contributed by atoms with Gasteiger partial charge in [0.05, 0.1) is 18.4 Å². The lowest BCUT2D eigenvalue weighted by molar-refractivity contribution is -0.146. The number of carbonyl (C=O) groups excluding carboxylic acids is 2. The van der Waals surface area contributed by atoms with Crippen LogP contribution in [0.1, 0.15) is 26.2 Å². The third-order valence-corrected chi connectivity index (χ3v) is 5.02. The number of piperidine rings is 1. The van der Waals surface area contributed by atoms with Gasteiger partial charge < -0.3 is 19.6 Å². The Morgan fingerprint density at radius 2 is 1.92 bits per heavy atom. The lowest BCUT2D eigenvalue weighted by atomic mass is 9.96. The molecule has 140 valence electrons. The van der Waals surface area contributed by atoms with Gasteiger partial charge in [-0.3, -0.25) is 14.4 Å². The smallest absolute Gasteiger partial charge is 0.308 e. The normalized spacial score (nSPS) is 23.2. The average molecular weight is 360 g/mol. The molecule has 0 saturated carbocycles. The molecule has 0 bridgehead atoms. The lowest BCUT2D eigenvalue weighted by Crippen LogP contribution is -2.45. The number of carbonyl (C=O) groups is 3. The van der Waals surface area contributed by atoms with Crippen LogP contribution in [0.4, 0.5) is 5.69 Å². The number of aliphatic carboxylic acids is 1. The third-order valence-electron chi connectivity index (χ3n) is 5.02. The number of likely N-dealkylation sites (tertiary alicyclic amines) is 1. The molecule has 2 aliphatic rings. The van der Waals surface area contributed by atoms with E-state index in [-0.39, 0.29) is 24.8 Å². The first-order valence-electron chi connectivity index (χ1n) is 9.04. The second-order valence-corrected chi connectivity index (χ2v) is 6.79. The highest BCUT2D eigenvalue weighted by atomic mass is 16.5. The van der Waals surface area contributed by atoms with Crippen LogP contribution >= 0.6 is 0 Å². The van der Waals surface area contributed by atoms with E-state index in [1.165, 1.54) is 0 Å². The van der Waals surface area contributed by atoms with Crippen molar-refractivity contribution in [2.24, 2.45) is 11.8 Å². The fourth-order valence-electron chi connectivity index (χ4n) is 3.65. The summed E-state index contributed by atoms with van der Waals surface area (Å²) in [6, 6.07) is 7.25. The van der Waals surface area contributed by atoms with Crippen LogP contribution < -0.4 is 9.64 Å². The van der Waals surface area contributed by atoms with Crippen molar-refractivity contribution in [3.63, 3.8) is 0 Å². The lowest BCUT2D eigenvalue weighted by Gasteiger charge is -2.32. The van der Waals surface area contributed by atoms with Gasteiger partial charge in [0.15, 0.2) is 0 Å². The van der Waals surface area contributed by atoms with Crippen LogP contribution in [0.2, 0.25) is 0 Å². The Bertz CT molecular complexity index is 688. The van der Waals surface area contributed by atoms with Crippen molar-refractivity contribution < 1.29 is 24.2 Å². The highest BCUT2D eigenvalue weighted by Crippen LogP contribution is 2.29. The van der Waals surface area contributed by atoms with E-state index < -0.39 is 17.8 Å². The number of hydrogen-bond acceptors (Lipinski definition) is 4. The summed E-state index contributed by atoms with van der Waals surface area (Å²) in [4.78, 5) is 39.6. The molecular weight excluding hydrogens is 336 g/mol. The fourth-order valence-corrected chi connectivity index (χ4v) is 3.65. The van der Waals surface area contributed by atoms with Crippen LogP contribution in [0.3, 0.4) is 0 Å². The van der Waals surface area contributed by atoms with E-state index in [4.69, 9.17) is 4.74 Å². The zero-order valence-electron chi connectivity index (χ0n) is 14.9. The molecule has 1 aromatic rings. The number of hydrogen-bond donors (Lipinski definition) is 1. The summed E-state index contributed by atoms with van der Waals surface area (Å²) in [6.45, 7) is 3.62. The van der Waals surface area contributed by atoms with Gasteiger partial charge in [-0.05, 0) is 44.0 Å². The number of rotatable bonds is 5. The molecule has 2 heterocycles. The third kappa shape index (κ3) is 3.81. The van der Waals surface area contributed by atoms with Crippen molar-refractivity contribution in [2.75, 3.05) is 31.1 Å². The van der Waals surface area contributed by atoms with Gasteiger partial charge in [0, 0.05) is 31.7 Å². The van der Waals surface area contributed by atoms with E-state index in [0.29, 0.717) is 32.5 Å². The second-order valence-electron chi connectivity index (χ2n) is 6.79. The monoisotopic (exact) mass is 360 g/mol. The van der Waals surface area contributed by atoms with Crippen LogP contribution in [-0.4, -0.2) is 54.0 Å². The Morgan fingerprint density at radius 1 is 1.19 bits per heavy atom. The van der Waals surface area contributed by atoms with Crippen molar-refractivity contribution in [1.29, 1.82) is 0 Å². The molecule has 0 unspecified atom stereocenters. The van der Waals surface area contributed by atoms with E-state index in [2.05, 4.69) is 0 Å². The molecule has 2 aliphatic heterocycles. The summed E-state index contributed by atoms with van der Waals surface area (Å²) < 4.78 is 5.41. The zero-order valence-corrected chi connectivity index (χ0v) is 14.9. The van der Waals surface area contributed by atoms with Crippen molar-refractivity contribution in [3.8, 4) is 5.75 Å². The number of ether oxygens (including phenoxy) is 1. The minimum atomic E-state index is -0.860. The summed E-state index contributed by atoms with van der Waals surface area (Å²) in [5.74, 6) is -1.24. The number of benzene rings is 1. The summed E-state index contributed by atoms with van der Waals surface area (Å²) in [5, 5.41) is 9.19. The largest absolute Gasteiger partial charge is 0.494 e. The minimum absolute atomic E-state index is 0.0840. The summed E-state index contributed by atoms with van der Waals surface area (Å²) in [5.41, 5.74) is 0.746. The molecule has 7 nitrogen and oxygen atoms in total. The van der Waals surface area contributed by atoms with Gasteiger partial charge in [0.1, 0.15) is 5.75 Å². The van der Waals surface area contributed by atoms with Crippen molar-refractivity contribution >= 4 is 23.5 Å². The maximum Gasteiger partial charge on any atom is 0.308 e. The van der Waals surface area contributed by atoms with E-state index in [9.17, 15) is 19.5 Å². The Labute approximate surface area is 152 Å². The van der Waals surface area contributed by atoms with E-state index in [1.807, 2.05) is 31.2 Å². The van der Waals surface area contributed by atoms with Crippen LogP contribution in [0, 0.1) is 11.8 Å². The number of carboxylic acid groups (broad SMARTS) is 1. The van der Waals surface area contributed by atoms with Gasteiger partial charge in [0.2, 0.25) is 11.8 Å². The van der Waals surface area contributed by atoms with Crippen molar-refractivity contribution in [3.05, 3.63) is 24.3 Å². The maximum atomic E-state index is 12.8. The predicted octanol–water partition coefficient (Wildman–Crippen LogP) is 1.76. The first-order valence-corrected chi connectivity index (χ1v) is 9.04. The average Bonchev–Trinajstić information content (AvgIpc) is 3.04. The molecule has 1 aromatic carbocycles. The quantitative estimate of drug-likeness (QED) is 0.865. The molecular formula is C19H24N2O5. The minimum Gasteiger partial charge on any atom is -0.494 e. The Kier molecular flexibility index (Phi) is 5.44. The van der Waals surface area contributed by atoms with E-state index in [0.717, 1.165) is 11.4 Å². The highest BCUT2D eigenvalue weighted by Gasteiger charge is 2.39. The Balaban J connectivity index is 1.65. The SMILES string of the molecule is CCOc1ccc(N2C[C@H](C(=O)N3CCC[C@@H](C(=O)O)C3)CC2=O)cc1. The van der Waals surface area contributed by atoms with Gasteiger partial charge in [-0.2, -0.15) is 0 Å². The predicted molar refractivity (Wildman–Crippen MR) is 95.0 cm³/mol. The van der Waals surface area contributed by atoms with Gasteiger partial charge >= 0.3 is 5.97 Å². The number of nitrogens with zero attached hydrogens (tertiary/aromatic N) is 2. The molecule has 1 N–H and O–H groups in total. The molecule has 0 radical (unpaired) electrons. The zero-order chi connectivity index (χ0) is 18.7. The van der Waals surface area contributed by atoms with Gasteiger partial charge in [-0.15, -0.1) is 0 Å². The van der Waals surface area contributed by atoms with Gasteiger partial charge in [0.25, 0.3) is 0 Å². The molecule has 0 spiro atoms. The number of carboxylic acids is 1. The van der Waals surface area contributed by atoms with E-state index >= 15 is 0 Å². The highest BCUT2D eigenvalue weighted by molar-refractivity contribution is 6.00. The van der Waals surface area contributed by atoms with Crippen LogP contribution in [0.15, 0.2) is 24.3 Å². The molecule has 0 aromatic heterocycles. The molecule has 0 aliphatic carbocycles. The van der Waals surface area contributed by atoms with Crippen LogP contribution in [0.5, 0.6) is 5.75 Å². The first kappa shape index (κ1) is 18.2. The molecule has 7 heteroatoms. The molecule has 2 amide bonds.